The molecule has 0 aromatic heterocycles. The highest BCUT2D eigenvalue weighted by Gasteiger charge is 2.22. The zero-order valence-corrected chi connectivity index (χ0v) is 8.54. The number of hydrogen-bond acceptors (Lipinski definition) is 1. The van der Waals surface area contributed by atoms with Crippen molar-refractivity contribution >= 4 is 12.4 Å². The van der Waals surface area contributed by atoms with Gasteiger partial charge in [0.2, 0.25) is 0 Å². The summed E-state index contributed by atoms with van der Waals surface area (Å²) in [6, 6.07) is 0. The highest BCUT2D eigenvalue weighted by Crippen LogP contribution is 2.34. The zero-order chi connectivity index (χ0) is 7.52. The van der Waals surface area contributed by atoms with Crippen LogP contribution in [0.3, 0.4) is 0 Å². The van der Waals surface area contributed by atoms with E-state index in [1.165, 1.54) is 45.2 Å². The summed E-state index contributed by atoms with van der Waals surface area (Å²) in [7, 11) is 0. The third-order valence-electron chi connectivity index (χ3n) is 3.35. The second-order valence-corrected chi connectivity index (χ2v) is 4.23. The first-order valence-corrected chi connectivity index (χ1v) is 5.16. The van der Waals surface area contributed by atoms with E-state index in [1.807, 2.05) is 0 Å². The molecule has 1 heterocycles. The molecular weight excluding hydrogens is 170 g/mol. The van der Waals surface area contributed by atoms with Gasteiger partial charge >= 0.3 is 0 Å². The minimum absolute atomic E-state index is 0. The summed E-state index contributed by atoms with van der Waals surface area (Å²) < 4.78 is 0. The molecule has 2 heteroatoms. The first-order chi connectivity index (χ1) is 5.45. The van der Waals surface area contributed by atoms with Crippen molar-refractivity contribution in [3.63, 3.8) is 0 Å². The third kappa shape index (κ3) is 2.63. The molecule has 1 saturated carbocycles. The first kappa shape index (κ1) is 10.3. The van der Waals surface area contributed by atoms with E-state index in [4.69, 9.17) is 0 Å². The van der Waals surface area contributed by atoms with Gasteiger partial charge in [0.25, 0.3) is 0 Å². The van der Waals surface area contributed by atoms with E-state index in [2.05, 4.69) is 5.32 Å². The summed E-state index contributed by atoms with van der Waals surface area (Å²) in [4.78, 5) is 0. The molecule has 2 fully saturated rings. The molecule has 0 radical (unpaired) electrons. The average Bonchev–Trinajstić information content (AvgIpc) is 1.99. The largest absolute Gasteiger partial charge is 0.317 e. The van der Waals surface area contributed by atoms with Crippen LogP contribution in [0.2, 0.25) is 0 Å². The van der Waals surface area contributed by atoms with Gasteiger partial charge in [-0.05, 0) is 44.2 Å². The van der Waals surface area contributed by atoms with Gasteiger partial charge in [0.1, 0.15) is 0 Å². The maximum absolute atomic E-state index is 3.42. The molecule has 0 atom stereocenters. The van der Waals surface area contributed by atoms with Gasteiger partial charge in [0.05, 0.1) is 0 Å². The van der Waals surface area contributed by atoms with E-state index in [1.54, 1.807) is 6.42 Å². The molecule has 0 aromatic rings. The lowest BCUT2D eigenvalue weighted by atomic mass is 9.77. The van der Waals surface area contributed by atoms with Crippen molar-refractivity contribution in [3.8, 4) is 0 Å². The van der Waals surface area contributed by atoms with E-state index in [-0.39, 0.29) is 12.4 Å². The molecule has 1 N–H and O–H groups in total. The van der Waals surface area contributed by atoms with Gasteiger partial charge in [0, 0.05) is 0 Å². The fourth-order valence-corrected chi connectivity index (χ4v) is 2.32. The molecule has 1 saturated heterocycles. The molecule has 12 heavy (non-hydrogen) atoms. The monoisotopic (exact) mass is 189 g/mol. The number of hydrogen-bond donors (Lipinski definition) is 1. The molecular formula is C10H20ClN. The number of halogens is 1. The van der Waals surface area contributed by atoms with Crippen molar-refractivity contribution in [1.82, 2.24) is 5.32 Å². The Kier molecular flexibility index (Phi) is 4.38. The molecule has 1 aliphatic carbocycles. The van der Waals surface area contributed by atoms with Crippen LogP contribution in [0.5, 0.6) is 0 Å². The van der Waals surface area contributed by atoms with Gasteiger partial charge in [-0.2, -0.15) is 0 Å². The summed E-state index contributed by atoms with van der Waals surface area (Å²) in [6.45, 7) is 2.55. The summed E-state index contributed by atoms with van der Waals surface area (Å²) in [5.41, 5.74) is 0. The van der Waals surface area contributed by atoms with Crippen molar-refractivity contribution in [1.29, 1.82) is 0 Å². The van der Waals surface area contributed by atoms with E-state index < -0.39 is 0 Å². The van der Waals surface area contributed by atoms with Crippen LogP contribution in [-0.4, -0.2) is 13.1 Å². The summed E-state index contributed by atoms with van der Waals surface area (Å²) >= 11 is 0. The molecule has 0 aromatic carbocycles. The van der Waals surface area contributed by atoms with Crippen molar-refractivity contribution in [2.45, 2.75) is 38.5 Å². The standard InChI is InChI=1S/C10H19N.ClH/c1-2-9(3-1)8-10-4-6-11-7-5-10;/h9-11H,1-8H2;1H. The summed E-state index contributed by atoms with van der Waals surface area (Å²) in [5, 5.41) is 3.42. The van der Waals surface area contributed by atoms with Crippen LogP contribution < -0.4 is 5.32 Å². The SMILES string of the molecule is C1CC(CC2CCNCC2)C1.Cl. The van der Waals surface area contributed by atoms with Crippen molar-refractivity contribution in [2.75, 3.05) is 13.1 Å². The van der Waals surface area contributed by atoms with E-state index in [0.717, 1.165) is 11.8 Å². The lowest BCUT2D eigenvalue weighted by Crippen LogP contribution is -2.29. The second kappa shape index (κ2) is 5.08. The quantitative estimate of drug-likeness (QED) is 0.705. The summed E-state index contributed by atoms with van der Waals surface area (Å²) in [5.74, 6) is 2.19. The molecule has 0 bridgehead atoms. The predicted octanol–water partition coefficient (Wildman–Crippen LogP) is 2.60. The smallest absolute Gasteiger partial charge is 0.00463 e. The minimum atomic E-state index is 0. The average molecular weight is 190 g/mol. The Balaban J connectivity index is 0.000000720. The van der Waals surface area contributed by atoms with Crippen LogP contribution in [0, 0.1) is 11.8 Å². The minimum Gasteiger partial charge on any atom is -0.317 e. The maximum Gasteiger partial charge on any atom is -0.00463 e. The topological polar surface area (TPSA) is 12.0 Å². The normalized spacial score (nSPS) is 26.0. The number of nitrogens with one attached hydrogen (secondary N) is 1. The Morgan fingerprint density at radius 2 is 1.50 bits per heavy atom. The van der Waals surface area contributed by atoms with Crippen LogP contribution in [0.25, 0.3) is 0 Å². The number of piperidine rings is 1. The van der Waals surface area contributed by atoms with E-state index >= 15 is 0 Å². The van der Waals surface area contributed by atoms with Gasteiger partial charge in [-0.3, -0.25) is 0 Å². The Bertz CT molecular complexity index is 117. The van der Waals surface area contributed by atoms with E-state index in [0.29, 0.717) is 0 Å². The van der Waals surface area contributed by atoms with Crippen LogP contribution in [0.15, 0.2) is 0 Å². The maximum atomic E-state index is 3.42. The Labute approximate surface area is 81.7 Å². The molecule has 1 nitrogen and oxygen atoms in total. The van der Waals surface area contributed by atoms with Crippen LogP contribution >= 0.6 is 12.4 Å². The Hall–Kier alpha value is 0.250. The fourth-order valence-electron chi connectivity index (χ4n) is 2.32. The lowest BCUT2D eigenvalue weighted by molar-refractivity contribution is 0.221. The molecule has 0 amide bonds. The van der Waals surface area contributed by atoms with Gasteiger partial charge in [0.15, 0.2) is 0 Å². The van der Waals surface area contributed by atoms with Crippen LogP contribution in [0.1, 0.15) is 38.5 Å². The van der Waals surface area contributed by atoms with Gasteiger partial charge < -0.3 is 5.32 Å². The molecule has 2 aliphatic rings. The third-order valence-corrected chi connectivity index (χ3v) is 3.35. The second-order valence-electron chi connectivity index (χ2n) is 4.23. The van der Waals surface area contributed by atoms with Crippen LogP contribution in [-0.2, 0) is 0 Å². The highest BCUT2D eigenvalue weighted by atomic mass is 35.5. The molecule has 72 valence electrons. The fraction of sp³-hybridized carbons (Fsp3) is 1.00. The zero-order valence-electron chi connectivity index (χ0n) is 7.72. The van der Waals surface area contributed by atoms with Crippen molar-refractivity contribution < 1.29 is 0 Å². The highest BCUT2D eigenvalue weighted by molar-refractivity contribution is 5.85. The number of rotatable bonds is 2. The molecule has 0 unspecified atom stereocenters. The Morgan fingerprint density at radius 3 is 2.00 bits per heavy atom. The Morgan fingerprint density at radius 1 is 0.917 bits per heavy atom. The molecule has 2 rings (SSSR count). The first-order valence-electron chi connectivity index (χ1n) is 5.16. The van der Waals surface area contributed by atoms with E-state index in [9.17, 15) is 0 Å². The molecule has 1 aliphatic heterocycles. The van der Waals surface area contributed by atoms with Gasteiger partial charge in [-0.15, -0.1) is 12.4 Å². The van der Waals surface area contributed by atoms with Crippen molar-refractivity contribution in [3.05, 3.63) is 0 Å². The predicted molar refractivity (Wildman–Crippen MR) is 54.8 cm³/mol. The lowest BCUT2D eigenvalue weighted by Gasteiger charge is -2.31. The van der Waals surface area contributed by atoms with Gasteiger partial charge in [-0.25, -0.2) is 0 Å². The molecule has 0 spiro atoms. The van der Waals surface area contributed by atoms with Gasteiger partial charge in [-0.1, -0.05) is 19.3 Å². The van der Waals surface area contributed by atoms with Crippen LogP contribution in [0.4, 0.5) is 0 Å². The summed E-state index contributed by atoms with van der Waals surface area (Å²) in [6.07, 6.45) is 9.00. The van der Waals surface area contributed by atoms with Crippen molar-refractivity contribution in [2.24, 2.45) is 11.8 Å².